The molecule has 0 aliphatic carbocycles. The Labute approximate surface area is 103 Å². The van der Waals surface area contributed by atoms with Crippen LogP contribution >= 0.6 is 11.3 Å². The SMILES string of the molecule is CCC(O)CNC(c1cccs1)C(C)(C)C. The van der Waals surface area contributed by atoms with E-state index in [0.29, 0.717) is 12.6 Å². The van der Waals surface area contributed by atoms with E-state index in [9.17, 15) is 5.11 Å². The van der Waals surface area contributed by atoms with E-state index in [4.69, 9.17) is 0 Å². The van der Waals surface area contributed by atoms with Gasteiger partial charge in [0.1, 0.15) is 0 Å². The molecule has 0 aromatic carbocycles. The first-order valence-corrected chi connectivity index (χ1v) is 6.78. The summed E-state index contributed by atoms with van der Waals surface area (Å²) in [6.45, 7) is 9.34. The van der Waals surface area contributed by atoms with E-state index in [1.54, 1.807) is 11.3 Å². The number of thiophene rings is 1. The molecular weight excluding hydrogens is 218 g/mol. The molecule has 0 aliphatic heterocycles. The van der Waals surface area contributed by atoms with Gasteiger partial charge in [0.15, 0.2) is 0 Å². The van der Waals surface area contributed by atoms with Gasteiger partial charge >= 0.3 is 0 Å². The first-order chi connectivity index (χ1) is 7.45. The van der Waals surface area contributed by atoms with Crippen molar-refractivity contribution in [1.82, 2.24) is 5.32 Å². The van der Waals surface area contributed by atoms with Gasteiger partial charge in [-0.1, -0.05) is 33.8 Å². The predicted octanol–water partition coefficient (Wildman–Crippen LogP) is 3.20. The standard InChI is InChI=1S/C13H23NOS/c1-5-10(15)9-14-12(13(2,3)4)11-7-6-8-16-11/h6-8,10,12,14-15H,5,9H2,1-4H3. The van der Waals surface area contributed by atoms with E-state index in [1.807, 2.05) is 6.92 Å². The van der Waals surface area contributed by atoms with Crippen molar-refractivity contribution in [2.45, 2.75) is 46.3 Å². The lowest BCUT2D eigenvalue weighted by Gasteiger charge is -2.31. The van der Waals surface area contributed by atoms with Crippen molar-refractivity contribution in [1.29, 1.82) is 0 Å². The van der Waals surface area contributed by atoms with Crippen molar-refractivity contribution in [2.75, 3.05) is 6.54 Å². The lowest BCUT2D eigenvalue weighted by atomic mass is 9.85. The molecule has 0 bridgehead atoms. The number of rotatable bonds is 5. The number of aliphatic hydroxyl groups is 1. The molecule has 1 aromatic rings. The largest absolute Gasteiger partial charge is 0.392 e. The highest BCUT2D eigenvalue weighted by atomic mass is 32.1. The summed E-state index contributed by atoms with van der Waals surface area (Å²) in [5.74, 6) is 0. The van der Waals surface area contributed by atoms with Gasteiger partial charge in [-0.2, -0.15) is 0 Å². The Morgan fingerprint density at radius 2 is 2.12 bits per heavy atom. The summed E-state index contributed by atoms with van der Waals surface area (Å²) in [4.78, 5) is 1.34. The third-order valence-corrected chi connectivity index (χ3v) is 3.66. The average molecular weight is 241 g/mol. The Bertz CT molecular complexity index is 289. The van der Waals surface area contributed by atoms with Crippen molar-refractivity contribution in [2.24, 2.45) is 5.41 Å². The highest BCUT2D eigenvalue weighted by Crippen LogP contribution is 2.34. The van der Waals surface area contributed by atoms with Crippen LogP contribution < -0.4 is 5.32 Å². The monoisotopic (exact) mass is 241 g/mol. The van der Waals surface area contributed by atoms with Crippen LogP contribution in [0.25, 0.3) is 0 Å². The normalized spacial score (nSPS) is 16.1. The lowest BCUT2D eigenvalue weighted by Crippen LogP contribution is -2.36. The maximum Gasteiger partial charge on any atom is 0.0662 e. The molecule has 2 atom stereocenters. The van der Waals surface area contributed by atoms with Gasteiger partial charge in [0, 0.05) is 17.5 Å². The summed E-state index contributed by atoms with van der Waals surface area (Å²) < 4.78 is 0. The zero-order chi connectivity index (χ0) is 12.2. The molecule has 92 valence electrons. The van der Waals surface area contributed by atoms with Gasteiger partial charge in [-0.3, -0.25) is 0 Å². The number of hydrogen-bond acceptors (Lipinski definition) is 3. The van der Waals surface area contributed by atoms with Crippen LogP contribution in [-0.4, -0.2) is 17.8 Å². The third-order valence-electron chi connectivity index (χ3n) is 2.72. The Balaban J connectivity index is 2.67. The van der Waals surface area contributed by atoms with Crippen molar-refractivity contribution in [3.63, 3.8) is 0 Å². The molecule has 0 saturated carbocycles. The molecule has 1 aromatic heterocycles. The van der Waals surface area contributed by atoms with Crippen LogP contribution in [0.5, 0.6) is 0 Å². The molecule has 0 spiro atoms. The van der Waals surface area contributed by atoms with Crippen LogP contribution in [0, 0.1) is 5.41 Å². The highest BCUT2D eigenvalue weighted by Gasteiger charge is 2.26. The Morgan fingerprint density at radius 3 is 2.56 bits per heavy atom. The van der Waals surface area contributed by atoms with Gasteiger partial charge in [0.25, 0.3) is 0 Å². The van der Waals surface area contributed by atoms with Gasteiger partial charge < -0.3 is 10.4 Å². The van der Waals surface area contributed by atoms with Crippen LogP contribution in [0.2, 0.25) is 0 Å². The zero-order valence-corrected chi connectivity index (χ0v) is 11.5. The van der Waals surface area contributed by atoms with Gasteiger partial charge in [0.2, 0.25) is 0 Å². The van der Waals surface area contributed by atoms with E-state index < -0.39 is 0 Å². The fourth-order valence-corrected chi connectivity index (χ4v) is 2.73. The molecule has 2 unspecified atom stereocenters. The molecule has 0 amide bonds. The van der Waals surface area contributed by atoms with Crippen molar-refractivity contribution in [3.05, 3.63) is 22.4 Å². The summed E-state index contributed by atoms with van der Waals surface area (Å²) in [5, 5.41) is 15.2. The van der Waals surface area contributed by atoms with Crippen LogP contribution in [0.3, 0.4) is 0 Å². The average Bonchev–Trinajstić information content (AvgIpc) is 2.68. The molecule has 2 nitrogen and oxygen atoms in total. The minimum absolute atomic E-state index is 0.165. The summed E-state index contributed by atoms with van der Waals surface area (Å²) in [7, 11) is 0. The molecule has 1 rings (SSSR count). The fourth-order valence-electron chi connectivity index (χ4n) is 1.69. The maximum absolute atomic E-state index is 9.61. The summed E-state index contributed by atoms with van der Waals surface area (Å²) in [6.07, 6.45) is 0.554. The predicted molar refractivity (Wildman–Crippen MR) is 70.8 cm³/mol. The molecule has 0 fully saturated rings. The third kappa shape index (κ3) is 3.89. The molecular formula is C13H23NOS. The van der Waals surface area contributed by atoms with E-state index in [1.165, 1.54) is 4.88 Å². The van der Waals surface area contributed by atoms with Crippen LogP contribution in [0.4, 0.5) is 0 Å². The Hall–Kier alpha value is -0.380. The second kappa shape index (κ2) is 5.80. The molecule has 0 aliphatic rings. The molecule has 1 heterocycles. The van der Waals surface area contributed by atoms with Gasteiger partial charge in [-0.05, 0) is 23.3 Å². The summed E-state index contributed by atoms with van der Waals surface area (Å²) >= 11 is 1.77. The minimum Gasteiger partial charge on any atom is -0.392 e. The van der Waals surface area contributed by atoms with E-state index in [0.717, 1.165) is 6.42 Å². The molecule has 0 radical (unpaired) electrons. The molecule has 2 N–H and O–H groups in total. The van der Waals surface area contributed by atoms with Crippen molar-refractivity contribution in [3.8, 4) is 0 Å². The molecule has 16 heavy (non-hydrogen) atoms. The first-order valence-electron chi connectivity index (χ1n) is 5.90. The van der Waals surface area contributed by atoms with Crippen LogP contribution in [-0.2, 0) is 0 Å². The Morgan fingerprint density at radius 1 is 1.44 bits per heavy atom. The zero-order valence-electron chi connectivity index (χ0n) is 10.7. The van der Waals surface area contributed by atoms with E-state index >= 15 is 0 Å². The lowest BCUT2D eigenvalue weighted by molar-refractivity contribution is 0.150. The number of aliphatic hydroxyl groups excluding tert-OH is 1. The first kappa shape index (κ1) is 13.7. The number of nitrogens with one attached hydrogen (secondary N) is 1. The molecule has 0 saturated heterocycles. The smallest absolute Gasteiger partial charge is 0.0662 e. The summed E-state index contributed by atoms with van der Waals surface area (Å²) in [6, 6.07) is 4.55. The van der Waals surface area contributed by atoms with Crippen LogP contribution in [0.1, 0.15) is 45.0 Å². The molecule has 3 heteroatoms. The van der Waals surface area contributed by atoms with Crippen LogP contribution in [0.15, 0.2) is 17.5 Å². The van der Waals surface area contributed by atoms with E-state index in [2.05, 4.69) is 43.6 Å². The van der Waals surface area contributed by atoms with Gasteiger partial charge in [-0.25, -0.2) is 0 Å². The Kier molecular flexibility index (Phi) is 4.96. The fraction of sp³-hybridized carbons (Fsp3) is 0.692. The highest BCUT2D eigenvalue weighted by molar-refractivity contribution is 7.10. The van der Waals surface area contributed by atoms with Gasteiger partial charge in [0.05, 0.1) is 6.10 Å². The van der Waals surface area contributed by atoms with Crippen molar-refractivity contribution >= 4 is 11.3 Å². The second-order valence-corrected chi connectivity index (χ2v) is 6.26. The van der Waals surface area contributed by atoms with Crippen molar-refractivity contribution < 1.29 is 5.11 Å². The maximum atomic E-state index is 9.61. The quantitative estimate of drug-likeness (QED) is 0.830. The van der Waals surface area contributed by atoms with Gasteiger partial charge in [-0.15, -0.1) is 11.3 Å². The number of hydrogen-bond donors (Lipinski definition) is 2. The van der Waals surface area contributed by atoms with E-state index in [-0.39, 0.29) is 11.5 Å². The second-order valence-electron chi connectivity index (χ2n) is 5.28. The summed E-state index contributed by atoms with van der Waals surface area (Å²) in [5.41, 5.74) is 0.165. The topological polar surface area (TPSA) is 32.3 Å². The minimum atomic E-state index is -0.246.